The van der Waals surface area contributed by atoms with Crippen LogP contribution in [0.15, 0.2) is 18.2 Å². The molecule has 2 rings (SSSR count). The zero-order valence-corrected chi connectivity index (χ0v) is 11.7. The minimum Gasteiger partial charge on any atom is -0.497 e. The topological polar surface area (TPSA) is 38.8 Å². The van der Waals surface area contributed by atoms with Crippen molar-refractivity contribution in [2.75, 3.05) is 25.7 Å². The van der Waals surface area contributed by atoms with Gasteiger partial charge in [-0.05, 0) is 6.42 Å². The normalized spacial score (nSPS) is 20.0. The Labute approximate surface area is 120 Å². The van der Waals surface area contributed by atoms with E-state index in [1.807, 2.05) is 0 Å². The van der Waals surface area contributed by atoms with Crippen molar-refractivity contribution >= 4 is 11.6 Å². The van der Waals surface area contributed by atoms with Crippen LogP contribution in [0, 0.1) is 5.92 Å². The molecule has 4 nitrogen and oxygen atoms in total. The molecule has 7 heteroatoms. The lowest BCUT2D eigenvalue weighted by Gasteiger charge is -2.19. The van der Waals surface area contributed by atoms with Crippen LogP contribution in [0.4, 0.5) is 18.9 Å². The molecule has 1 aliphatic heterocycles. The molecule has 1 aliphatic rings. The molecule has 0 N–H and O–H groups in total. The third-order valence-corrected chi connectivity index (χ3v) is 3.52. The molecule has 0 aromatic heterocycles. The number of carbonyl (C=O) groups is 1. The summed E-state index contributed by atoms with van der Waals surface area (Å²) in [5.74, 6) is -1.02. The number of benzene rings is 1. The first-order valence-corrected chi connectivity index (χ1v) is 6.44. The number of hydrogen-bond acceptors (Lipinski definition) is 3. The van der Waals surface area contributed by atoms with E-state index < -0.39 is 24.4 Å². The van der Waals surface area contributed by atoms with Gasteiger partial charge in [-0.15, -0.1) is 0 Å². The number of nitrogens with zero attached hydrogens (tertiary/aromatic N) is 1. The van der Waals surface area contributed by atoms with E-state index in [-0.39, 0.29) is 13.0 Å². The van der Waals surface area contributed by atoms with Gasteiger partial charge in [0.25, 0.3) is 6.43 Å². The maximum absolute atomic E-state index is 13.4. The summed E-state index contributed by atoms with van der Waals surface area (Å²) in [6.45, 7) is 0.187. The van der Waals surface area contributed by atoms with Crippen LogP contribution in [0.25, 0.3) is 0 Å². The van der Waals surface area contributed by atoms with Crippen LogP contribution in [0.3, 0.4) is 0 Å². The summed E-state index contributed by atoms with van der Waals surface area (Å²) >= 11 is 0. The maximum atomic E-state index is 13.4. The molecular formula is C14H16F3NO3. The number of ether oxygens (including phenoxy) is 2. The average molecular weight is 303 g/mol. The van der Waals surface area contributed by atoms with Crippen LogP contribution in [0.2, 0.25) is 0 Å². The number of methoxy groups -OCH3 is 2. The van der Waals surface area contributed by atoms with E-state index >= 15 is 0 Å². The Morgan fingerprint density at radius 2 is 1.71 bits per heavy atom. The highest BCUT2D eigenvalue weighted by atomic mass is 19.3. The largest absolute Gasteiger partial charge is 0.497 e. The van der Waals surface area contributed by atoms with E-state index in [0.29, 0.717) is 17.2 Å². The molecule has 1 aromatic rings. The summed E-state index contributed by atoms with van der Waals surface area (Å²) in [6, 6.07) is 4.79. The van der Waals surface area contributed by atoms with Crippen LogP contribution >= 0.6 is 0 Å². The second-order valence-electron chi connectivity index (χ2n) is 4.73. The van der Waals surface area contributed by atoms with Gasteiger partial charge < -0.3 is 14.4 Å². The Kier molecular flexibility index (Phi) is 4.59. The van der Waals surface area contributed by atoms with E-state index in [1.165, 1.54) is 19.1 Å². The summed E-state index contributed by atoms with van der Waals surface area (Å²) in [7, 11) is 2.92. The number of anilines is 1. The fraction of sp³-hybridized carbons (Fsp3) is 0.500. The minimum absolute atomic E-state index is 0.0594. The van der Waals surface area contributed by atoms with E-state index in [4.69, 9.17) is 9.47 Å². The van der Waals surface area contributed by atoms with Gasteiger partial charge in [0, 0.05) is 24.7 Å². The van der Waals surface area contributed by atoms with Crippen LogP contribution in [0.1, 0.15) is 6.42 Å². The van der Waals surface area contributed by atoms with Crippen molar-refractivity contribution in [1.82, 2.24) is 0 Å². The molecule has 116 valence electrons. The highest BCUT2D eigenvalue weighted by molar-refractivity contribution is 5.98. The molecule has 21 heavy (non-hydrogen) atoms. The van der Waals surface area contributed by atoms with E-state index in [1.54, 1.807) is 18.2 Å². The van der Waals surface area contributed by atoms with Crippen molar-refractivity contribution in [2.24, 2.45) is 5.92 Å². The third-order valence-electron chi connectivity index (χ3n) is 3.52. The summed E-state index contributed by atoms with van der Waals surface area (Å²) < 4.78 is 48.5. The fourth-order valence-electron chi connectivity index (χ4n) is 2.38. The second kappa shape index (κ2) is 6.24. The van der Waals surface area contributed by atoms with E-state index in [0.717, 1.165) is 0 Å². The standard InChI is InChI=1S/C14H16F3NO3/c1-20-9-5-8(6-10(7-9)21-2)18-4-3-11(14(18)19)12(15)13(16)17/h5-7,11-13H,3-4H2,1-2H3. The molecule has 0 bridgehead atoms. The molecule has 0 saturated carbocycles. The summed E-state index contributed by atoms with van der Waals surface area (Å²) in [4.78, 5) is 13.4. The third kappa shape index (κ3) is 3.06. The van der Waals surface area contributed by atoms with Crippen molar-refractivity contribution in [3.8, 4) is 11.5 Å². The fourth-order valence-corrected chi connectivity index (χ4v) is 2.38. The lowest BCUT2D eigenvalue weighted by molar-refractivity contribution is -0.124. The van der Waals surface area contributed by atoms with Crippen LogP contribution < -0.4 is 14.4 Å². The smallest absolute Gasteiger partial charge is 0.270 e. The van der Waals surface area contributed by atoms with Crippen LogP contribution in [-0.4, -0.2) is 39.3 Å². The number of hydrogen-bond donors (Lipinski definition) is 0. The van der Waals surface area contributed by atoms with Crippen molar-refractivity contribution in [1.29, 1.82) is 0 Å². The monoisotopic (exact) mass is 303 g/mol. The lowest BCUT2D eigenvalue weighted by atomic mass is 10.0. The van der Waals surface area contributed by atoms with Gasteiger partial charge in [-0.3, -0.25) is 4.79 Å². The van der Waals surface area contributed by atoms with Gasteiger partial charge in [0.15, 0.2) is 6.17 Å². The highest BCUT2D eigenvalue weighted by Crippen LogP contribution is 2.34. The molecule has 1 fully saturated rings. The lowest BCUT2D eigenvalue weighted by Crippen LogP contribution is -2.33. The predicted octanol–water partition coefficient (Wildman–Crippen LogP) is 2.66. The molecule has 0 radical (unpaired) electrons. The molecule has 0 spiro atoms. The summed E-state index contributed by atoms with van der Waals surface area (Å²) in [5, 5.41) is 0. The average Bonchev–Trinajstić information content (AvgIpc) is 2.87. The van der Waals surface area contributed by atoms with Crippen LogP contribution in [-0.2, 0) is 4.79 Å². The molecule has 2 atom stereocenters. The van der Waals surface area contributed by atoms with E-state index in [2.05, 4.69) is 0 Å². The molecule has 1 saturated heterocycles. The Morgan fingerprint density at radius 3 is 2.19 bits per heavy atom. The number of halogens is 3. The molecular weight excluding hydrogens is 287 g/mol. The second-order valence-corrected chi connectivity index (χ2v) is 4.73. The van der Waals surface area contributed by atoms with E-state index in [9.17, 15) is 18.0 Å². The summed E-state index contributed by atoms with van der Waals surface area (Å²) in [5.41, 5.74) is 0.445. The van der Waals surface area contributed by atoms with Gasteiger partial charge in [-0.1, -0.05) is 0 Å². The van der Waals surface area contributed by atoms with Crippen molar-refractivity contribution in [2.45, 2.75) is 19.0 Å². The number of rotatable bonds is 5. The van der Waals surface area contributed by atoms with Gasteiger partial charge in [0.1, 0.15) is 11.5 Å². The first-order chi connectivity index (χ1) is 9.97. The zero-order chi connectivity index (χ0) is 15.6. The van der Waals surface area contributed by atoms with Crippen molar-refractivity contribution in [3.63, 3.8) is 0 Å². The van der Waals surface area contributed by atoms with Gasteiger partial charge in [0.05, 0.1) is 25.8 Å². The highest BCUT2D eigenvalue weighted by Gasteiger charge is 2.42. The minimum atomic E-state index is -3.15. The molecule has 1 heterocycles. The predicted molar refractivity (Wildman–Crippen MR) is 70.9 cm³/mol. The Bertz CT molecular complexity index is 502. The molecule has 0 aliphatic carbocycles. The van der Waals surface area contributed by atoms with Gasteiger partial charge >= 0.3 is 0 Å². The maximum Gasteiger partial charge on any atom is 0.270 e. The van der Waals surface area contributed by atoms with Crippen molar-refractivity contribution < 1.29 is 27.4 Å². The SMILES string of the molecule is COc1cc(OC)cc(N2CCC(C(F)C(F)F)C2=O)c1. The molecule has 1 amide bonds. The van der Waals surface area contributed by atoms with Crippen LogP contribution in [0.5, 0.6) is 11.5 Å². The Morgan fingerprint density at radius 1 is 1.14 bits per heavy atom. The Balaban J connectivity index is 2.25. The molecule has 1 aromatic carbocycles. The number of alkyl halides is 3. The Hall–Kier alpha value is -1.92. The van der Waals surface area contributed by atoms with Gasteiger partial charge in [0.2, 0.25) is 5.91 Å². The number of amides is 1. The quantitative estimate of drug-likeness (QED) is 0.839. The first kappa shape index (κ1) is 15.5. The van der Waals surface area contributed by atoms with Crippen molar-refractivity contribution in [3.05, 3.63) is 18.2 Å². The summed E-state index contributed by atoms with van der Waals surface area (Å²) in [6.07, 6.45) is -5.53. The number of carbonyl (C=O) groups excluding carboxylic acids is 1. The first-order valence-electron chi connectivity index (χ1n) is 6.44. The zero-order valence-electron chi connectivity index (χ0n) is 11.7. The molecule has 2 unspecified atom stereocenters. The van der Waals surface area contributed by atoms with Gasteiger partial charge in [-0.2, -0.15) is 0 Å². The van der Waals surface area contributed by atoms with Gasteiger partial charge in [-0.25, -0.2) is 13.2 Å².